The molecule has 0 aromatic heterocycles. The maximum Gasteiger partial charge on any atom is 0.434 e. The van der Waals surface area contributed by atoms with Gasteiger partial charge in [-0.2, -0.15) is 26.3 Å². The molecule has 0 unspecified atom stereocenters. The molecule has 0 aliphatic heterocycles. The molecule has 0 fully saturated rings. The van der Waals surface area contributed by atoms with Crippen LogP contribution in [0.1, 0.15) is 22.8 Å². The molecule has 2 aromatic rings. The van der Waals surface area contributed by atoms with E-state index in [-0.39, 0.29) is 0 Å². The minimum absolute atomic E-state index is 0.590. The fraction of sp³-hybridized carbons (Fsp3) is 0.316. The Kier molecular flexibility index (Phi) is 7.03. The standard InChI is InChI=1S/C19H16F6O2S/c1-12-7-9-13(10-8-12)15(28-14-5-3-2-4-6-14)11-16(26)27-17(18(20,21)22)19(23,24)25/h2-10,15,17H,11H2,1H3/t15-/m0/s1. The molecule has 2 nitrogen and oxygen atoms in total. The largest absolute Gasteiger partial charge is 0.443 e. The highest BCUT2D eigenvalue weighted by molar-refractivity contribution is 7.99. The molecule has 2 aromatic carbocycles. The van der Waals surface area contributed by atoms with E-state index in [9.17, 15) is 31.1 Å². The summed E-state index contributed by atoms with van der Waals surface area (Å²) >= 11 is 1.15. The van der Waals surface area contributed by atoms with Crippen molar-refractivity contribution in [3.05, 3.63) is 65.7 Å². The van der Waals surface area contributed by atoms with E-state index < -0.39 is 36.1 Å². The van der Waals surface area contributed by atoms with Crippen molar-refractivity contribution in [3.8, 4) is 0 Å². The van der Waals surface area contributed by atoms with Gasteiger partial charge in [0.15, 0.2) is 0 Å². The van der Waals surface area contributed by atoms with Gasteiger partial charge in [0.1, 0.15) is 0 Å². The maximum absolute atomic E-state index is 12.6. The zero-order valence-electron chi connectivity index (χ0n) is 14.6. The summed E-state index contributed by atoms with van der Waals surface area (Å²) in [5.74, 6) is -1.58. The Morgan fingerprint density at radius 2 is 1.46 bits per heavy atom. The number of carbonyl (C=O) groups excluding carboxylic acids is 1. The molecule has 9 heteroatoms. The predicted molar refractivity (Wildman–Crippen MR) is 92.8 cm³/mol. The zero-order valence-corrected chi connectivity index (χ0v) is 15.4. The number of halogens is 6. The summed E-state index contributed by atoms with van der Waals surface area (Å²) in [6, 6.07) is 15.5. The summed E-state index contributed by atoms with van der Waals surface area (Å²) in [5, 5.41) is -0.711. The van der Waals surface area contributed by atoms with Crippen LogP contribution >= 0.6 is 11.8 Å². The highest BCUT2D eigenvalue weighted by Crippen LogP contribution is 2.40. The number of benzene rings is 2. The van der Waals surface area contributed by atoms with Crippen molar-refractivity contribution in [1.82, 2.24) is 0 Å². The van der Waals surface area contributed by atoms with Crippen LogP contribution in [0.2, 0.25) is 0 Å². The first-order valence-electron chi connectivity index (χ1n) is 8.08. The van der Waals surface area contributed by atoms with Crippen LogP contribution in [0.4, 0.5) is 26.3 Å². The molecule has 0 saturated heterocycles. The van der Waals surface area contributed by atoms with Crippen molar-refractivity contribution in [2.45, 2.75) is 41.9 Å². The first-order valence-corrected chi connectivity index (χ1v) is 8.96. The third-order valence-corrected chi connectivity index (χ3v) is 4.93. The number of alkyl halides is 6. The van der Waals surface area contributed by atoms with Gasteiger partial charge in [-0.25, -0.2) is 0 Å². The van der Waals surface area contributed by atoms with E-state index in [4.69, 9.17) is 0 Å². The summed E-state index contributed by atoms with van der Waals surface area (Å²) in [4.78, 5) is 12.7. The second-order valence-electron chi connectivity index (χ2n) is 5.99. The summed E-state index contributed by atoms with van der Waals surface area (Å²) in [5.41, 5.74) is 1.51. The smallest absolute Gasteiger partial charge is 0.434 e. The third-order valence-electron chi connectivity index (χ3n) is 3.67. The molecule has 0 N–H and O–H groups in total. The Labute approximate surface area is 161 Å². The highest BCUT2D eigenvalue weighted by Gasteiger charge is 2.59. The minimum Gasteiger partial charge on any atom is -0.443 e. The Morgan fingerprint density at radius 3 is 1.96 bits per heavy atom. The van der Waals surface area contributed by atoms with Gasteiger partial charge in [0.2, 0.25) is 0 Å². The fourth-order valence-corrected chi connectivity index (χ4v) is 3.48. The van der Waals surface area contributed by atoms with Gasteiger partial charge >= 0.3 is 18.3 Å². The second-order valence-corrected chi connectivity index (χ2v) is 7.26. The Bertz CT molecular complexity index is 758. The van der Waals surface area contributed by atoms with E-state index in [2.05, 4.69) is 4.74 Å². The summed E-state index contributed by atoms with van der Waals surface area (Å²) < 4.78 is 79.5. The number of hydrogen-bond acceptors (Lipinski definition) is 3. The maximum atomic E-state index is 12.6. The van der Waals surface area contributed by atoms with Crippen molar-refractivity contribution in [2.75, 3.05) is 0 Å². The third kappa shape index (κ3) is 6.47. The summed E-state index contributed by atoms with van der Waals surface area (Å²) in [6.45, 7) is 1.83. The van der Waals surface area contributed by atoms with Crippen molar-refractivity contribution in [3.63, 3.8) is 0 Å². The van der Waals surface area contributed by atoms with E-state index in [1.165, 1.54) is 0 Å². The lowest BCUT2D eigenvalue weighted by Gasteiger charge is -2.24. The Hall–Kier alpha value is -2.16. The van der Waals surface area contributed by atoms with Crippen LogP contribution in [0.5, 0.6) is 0 Å². The molecular weight excluding hydrogens is 406 g/mol. The quantitative estimate of drug-likeness (QED) is 0.313. The van der Waals surface area contributed by atoms with Crippen molar-refractivity contribution >= 4 is 17.7 Å². The molecule has 0 amide bonds. The average Bonchev–Trinajstić information content (AvgIpc) is 2.59. The second kappa shape index (κ2) is 8.89. The number of hydrogen-bond donors (Lipinski definition) is 0. The van der Waals surface area contributed by atoms with Crippen LogP contribution in [-0.2, 0) is 9.53 Å². The van der Waals surface area contributed by atoms with Crippen LogP contribution in [0, 0.1) is 6.92 Å². The van der Waals surface area contributed by atoms with Gasteiger partial charge in [-0.05, 0) is 24.6 Å². The fourth-order valence-electron chi connectivity index (χ4n) is 2.32. The summed E-state index contributed by atoms with van der Waals surface area (Å²) in [7, 11) is 0. The van der Waals surface area contributed by atoms with E-state index >= 15 is 0 Å². The molecule has 0 aliphatic carbocycles. The monoisotopic (exact) mass is 422 g/mol. The Balaban J connectivity index is 2.21. The van der Waals surface area contributed by atoms with Crippen LogP contribution in [0.3, 0.4) is 0 Å². The number of rotatable bonds is 6. The van der Waals surface area contributed by atoms with Gasteiger partial charge in [0.25, 0.3) is 6.10 Å². The lowest BCUT2D eigenvalue weighted by atomic mass is 10.1. The molecule has 28 heavy (non-hydrogen) atoms. The van der Waals surface area contributed by atoms with Gasteiger partial charge in [0, 0.05) is 10.1 Å². The van der Waals surface area contributed by atoms with Crippen LogP contribution in [0.25, 0.3) is 0 Å². The first kappa shape index (κ1) is 22.1. The lowest BCUT2D eigenvalue weighted by molar-refractivity contribution is -0.313. The lowest BCUT2D eigenvalue weighted by Crippen LogP contribution is -2.45. The zero-order chi connectivity index (χ0) is 20.9. The molecule has 0 heterocycles. The van der Waals surface area contributed by atoms with Crippen LogP contribution < -0.4 is 0 Å². The molecule has 0 saturated carbocycles. The molecule has 0 spiro atoms. The molecule has 0 radical (unpaired) electrons. The molecule has 2 rings (SSSR count). The highest BCUT2D eigenvalue weighted by atomic mass is 32.2. The Morgan fingerprint density at radius 1 is 0.929 bits per heavy atom. The average molecular weight is 422 g/mol. The van der Waals surface area contributed by atoms with E-state index in [1.54, 1.807) is 54.6 Å². The van der Waals surface area contributed by atoms with Crippen LogP contribution in [-0.4, -0.2) is 24.4 Å². The first-order chi connectivity index (χ1) is 13.0. The number of ether oxygens (including phenoxy) is 1. The SMILES string of the molecule is Cc1ccc([C@H](CC(=O)OC(C(F)(F)F)C(F)(F)F)Sc2ccccc2)cc1. The van der Waals surface area contributed by atoms with Gasteiger partial charge in [-0.3, -0.25) is 4.79 Å². The number of esters is 1. The number of aryl methyl sites for hydroxylation is 1. The van der Waals surface area contributed by atoms with E-state index in [0.29, 0.717) is 10.5 Å². The van der Waals surface area contributed by atoms with Gasteiger partial charge in [-0.1, -0.05) is 48.0 Å². The van der Waals surface area contributed by atoms with E-state index in [1.807, 2.05) is 6.92 Å². The van der Waals surface area contributed by atoms with Gasteiger partial charge in [0.05, 0.1) is 6.42 Å². The number of carbonyl (C=O) groups is 1. The number of thioether (sulfide) groups is 1. The van der Waals surface area contributed by atoms with E-state index in [0.717, 1.165) is 17.3 Å². The van der Waals surface area contributed by atoms with Gasteiger partial charge in [-0.15, -0.1) is 11.8 Å². The molecular formula is C19H16F6O2S. The normalized spacial score (nSPS) is 13.4. The topological polar surface area (TPSA) is 26.3 Å². The molecule has 1 atom stereocenters. The molecule has 152 valence electrons. The van der Waals surface area contributed by atoms with Crippen molar-refractivity contribution < 1.29 is 35.9 Å². The van der Waals surface area contributed by atoms with Crippen molar-refractivity contribution in [1.29, 1.82) is 0 Å². The predicted octanol–water partition coefficient (Wildman–Crippen LogP) is 6.25. The minimum atomic E-state index is -5.74. The van der Waals surface area contributed by atoms with Gasteiger partial charge < -0.3 is 4.74 Å². The van der Waals surface area contributed by atoms with Crippen LogP contribution in [0.15, 0.2) is 59.5 Å². The van der Waals surface area contributed by atoms with Crippen molar-refractivity contribution in [2.24, 2.45) is 0 Å². The molecule has 0 bridgehead atoms. The molecule has 0 aliphatic rings. The summed E-state index contributed by atoms with van der Waals surface area (Å²) in [6.07, 6.45) is -16.3.